The van der Waals surface area contributed by atoms with Gasteiger partial charge in [-0.1, -0.05) is 64.0 Å². The van der Waals surface area contributed by atoms with Crippen molar-refractivity contribution in [2.75, 3.05) is 5.32 Å². The summed E-state index contributed by atoms with van der Waals surface area (Å²) in [6.45, 7) is 4.61. The Kier molecular flexibility index (Phi) is 5.35. The Morgan fingerprint density at radius 3 is 2.53 bits per heavy atom. The number of urea groups is 1. The number of hydrogen-bond donors (Lipinski definition) is 1. The summed E-state index contributed by atoms with van der Waals surface area (Å²) in [6, 6.07) is 26.4. The molecule has 3 aromatic carbocycles. The third kappa shape index (κ3) is 3.73. The van der Waals surface area contributed by atoms with Crippen LogP contribution in [0.3, 0.4) is 0 Å². The van der Waals surface area contributed by atoms with E-state index in [0.29, 0.717) is 6.54 Å². The number of fused-ring (bicyclic) bond motifs is 3. The number of anilines is 1. The summed E-state index contributed by atoms with van der Waals surface area (Å²) < 4.78 is 3.23. The quantitative estimate of drug-likeness (QED) is 0.326. The van der Waals surface area contributed by atoms with Crippen LogP contribution >= 0.6 is 15.9 Å². The van der Waals surface area contributed by atoms with Crippen LogP contribution in [0.2, 0.25) is 0 Å². The lowest BCUT2D eigenvalue weighted by Crippen LogP contribution is -2.37. The van der Waals surface area contributed by atoms with Gasteiger partial charge in [-0.25, -0.2) is 4.79 Å². The number of benzene rings is 3. The number of halogens is 1. The van der Waals surface area contributed by atoms with Crippen LogP contribution in [0.25, 0.3) is 5.69 Å². The van der Waals surface area contributed by atoms with Gasteiger partial charge >= 0.3 is 6.03 Å². The highest BCUT2D eigenvalue weighted by molar-refractivity contribution is 9.10. The van der Waals surface area contributed by atoms with Gasteiger partial charge in [0.25, 0.3) is 0 Å². The van der Waals surface area contributed by atoms with Gasteiger partial charge in [-0.3, -0.25) is 0 Å². The zero-order valence-corrected chi connectivity index (χ0v) is 19.6. The number of aromatic nitrogens is 1. The molecule has 0 saturated carbocycles. The molecular weight excluding hydrogens is 462 g/mol. The van der Waals surface area contributed by atoms with Crippen molar-refractivity contribution in [1.29, 1.82) is 0 Å². The molecule has 5 heteroatoms. The van der Waals surface area contributed by atoms with Crippen molar-refractivity contribution in [2.45, 2.75) is 26.4 Å². The first-order valence-corrected chi connectivity index (χ1v) is 11.5. The lowest BCUT2D eigenvalue weighted by atomic mass is 10.0. The molecule has 0 spiro atoms. The average molecular weight is 486 g/mol. The lowest BCUT2D eigenvalue weighted by Gasteiger charge is -2.31. The Balaban J connectivity index is 1.61. The van der Waals surface area contributed by atoms with Crippen molar-refractivity contribution in [3.05, 3.63) is 117 Å². The van der Waals surface area contributed by atoms with Gasteiger partial charge in [0.05, 0.1) is 18.3 Å². The van der Waals surface area contributed by atoms with Crippen LogP contribution in [0.4, 0.5) is 10.5 Å². The second-order valence-electron chi connectivity index (χ2n) is 8.27. The first-order valence-electron chi connectivity index (χ1n) is 10.7. The average Bonchev–Trinajstić information content (AvgIpc) is 3.21. The van der Waals surface area contributed by atoms with Gasteiger partial charge in [0, 0.05) is 22.1 Å². The summed E-state index contributed by atoms with van der Waals surface area (Å²) in [7, 11) is 0. The second-order valence-corrected chi connectivity index (χ2v) is 9.12. The smallest absolute Gasteiger partial charge is 0.318 e. The highest BCUT2D eigenvalue weighted by Gasteiger charge is 2.33. The number of aryl methyl sites for hydroxylation is 2. The molecular formula is C27H24BrN3O. The van der Waals surface area contributed by atoms with Gasteiger partial charge in [0.1, 0.15) is 0 Å². The number of nitrogens with zero attached hydrogens (tertiary/aromatic N) is 2. The fourth-order valence-corrected chi connectivity index (χ4v) is 4.60. The normalized spacial score (nSPS) is 15.0. The fourth-order valence-electron chi connectivity index (χ4n) is 4.36. The van der Waals surface area contributed by atoms with E-state index in [2.05, 4.69) is 81.4 Å². The predicted molar refractivity (Wildman–Crippen MR) is 132 cm³/mol. The first-order chi connectivity index (χ1) is 15.5. The summed E-state index contributed by atoms with van der Waals surface area (Å²) in [4.78, 5) is 15.6. The van der Waals surface area contributed by atoms with Gasteiger partial charge in [-0.2, -0.15) is 0 Å². The molecule has 4 aromatic rings. The van der Waals surface area contributed by atoms with Crippen LogP contribution in [-0.2, 0) is 6.54 Å². The van der Waals surface area contributed by atoms with Crippen LogP contribution in [0.1, 0.15) is 34.0 Å². The number of rotatable bonds is 2. The molecule has 1 atom stereocenters. The minimum absolute atomic E-state index is 0.123. The Bertz CT molecular complexity index is 1290. The Morgan fingerprint density at radius 2 is 1.75 bits per heavy atom. The molecule has 160 valence electrons. The molecule has 0 saturated heterocycles. The Morgan fingerprint density at radius 1 is 0.969 bits per heavy atom. The van der Waals surface area contributed by atoms with Gasteiger partial charge in [-0.05, 0) is 66.9 Å². The largest absolute Gasteiger partial charge is 0.322 e. The summed E-state index contributed by atoms with van der Waals surface area (Å²) in [5, 5.41) is 3.13. The molecule has 1 aliphatic heterocycles. The third-order valence-corrected chi connectivity index (χ3v) is 6.92. The van der Waals surface area contributed by atoms with Crippen molar-refractivity contribution in [3.8, 4) is 5.69 Å². The topological polar surface area (TPSA) is 37.3 Å². The van der Waals surface area contributed by atoms with Crippen molar-refractivity contribution in [1.82, 2.24) is 9.47 Å². The van der Waals surface area contributed by atoms with Crippen LogP contribution < -0.4 is 5.32 Å². The molecule has 0 bridgehead atoms. The Hall–Kier alpha value is -3.31. The molecule has 0 aliphatic carbocycles. The van der Waals surface area contributed by atoms with Crippen LogP contribution in [0.15, 0.2) is 89.5 Å². The monoisotopic (exact) mass is 485 g/mol. The predicted octanol–water partition coefficient (Wildman–Crippen LogP) is 6.99. The highest BCUT2D eigenvalue weighted by atomic mass is 79.9. The van der Waals surface area contributed by atoms with E-state index in [-0.39, 0.29) is 12.1 Å². The van der Waals surface area contributed by atoms with Crippen molar-refractivity contribution in [2.24, 2.45) is 0 Å². The van der Waals surface area contributed by atoms with E-state index in [4.69, 9.17) is 0 Å². The van der Waals surface area contributed by atoms with Crippen LogP contribution in [-0.4, -0.2) is 15.5 Å². The van der Waals surface area contributed by atoms with Gasteiger partial charge < -0.3 is 14.8 Å². The maximum absolute atomic E-state index is 13.7. The summed E-state index contributed by atoms with van der Waals surface area (Å²) >= 11 is 3.53. The van der Waals surface area contributed by atoms with E-state index in [9.17, 15) is 4.79 Å². The molecule has 32 heavy (non-hydrogen) atoms. The number of carbonyl (C=O) groups excluding carboxylic acids is 1. The van der Waals surface area contributed by atoms with E-state index in [0.717, 1.165) is 38.2 Å². The SMILES string of the molecule is Cc1ccc([C@@H]2c3cccn3-c3ccccc3CN2C(=O)Nc2ccc(Br)c(C)c2)cc1. The fraction of sp³-hybridized carbons (Fsp3) is 0.148. The first kappa shape index (κ1) is 20.6. The summed E-state index contributed by atoms with van der Waals surface area (Å²) in [6.07, 6.45) is 2.08. The standard InChI is InChI=1S/C27H24BrN3O/c1-18-9-11-20(12-10-18)26-25-8-5-15-30(25)24-7-4-3-6-21(24)17-31(26)27(32)29-22-13-14-23(28)19(2)16-22/h3-16,26H,17H2,1-2H3,(H,29,32)/t26-/m1/s1. The molecule has 0 radical (unpaired) electrons. The molecule has 2 amide bonds. The molecule has 5 rings (SSSR count). The number of para-hydroxylation sites is 1. The van der Waals surface area contributed by atoms with Crippen molar-refractivity contribution in [3.63, 3.8) is 0 Å². The second kappa shape index (κ2) is 8.32. The number of hydrogen-bond acceptors (Lipinski definition) is 1. The van der Waals surface area contributed by atoms with Crippen molar-refractivity contribution < 1.29 is 4.79 Å². The minimum atomic E-state index is -0.213. The number of carbonyl (C=O) groups is 1. The molecule has 2 heterocycles. The zero-order chi connectivity index (χ0) is 22.2. The number of amides is 2. The van der Waals surface area contributed by atoms with Crippen molar-refractivity contribution >= 4 is 27.6 Å². The van der Waals surface area contributed by atoms with Crippen LogP contribution in [0, 0.1) is 13.8 Å². The lowest BCUT2D eigenvalue weighted by molar-refractivity contribution is 0.194. The van der Waals surface area contributed by atoms with Gasteiger partial charge in [0.2, 0.25) is 0 Å². The molecule has 1 aromatic heterocycles. The van der Waals surface area contributed by atoms with Gasteiger partial charge in [0.15, 0.2) is 0 Å². The zero-order valence-electron chi connectivity index (χ0n) is 18.0. The van der Waals surface area contributed by atoms with E-state index < -0.39 is 0 Å². The Labute approximate surface area is 196 Å². The molecule has 1 aliphatic rings. The van der Waals surface area contributed by atoms with Gasteiger partial charge in [-0.15, -0.1) is 0 Å². The maximum Gasteiger partial charge on any atom is 0.322 e. The highest BCUT2D eigenvalue weighted by Crippen LogP contribution is 2.37. The van der Waals surface area contributed by atoms with Crippen LogP contribution in [0.5, 0.6) is 0 Å². The minimum Gasteiger partial charge on any atom is -0.318 e. The van der Waals surface area contributed by atoms with E-state index >= 15 is 0 Å². The van der Waals surface area contributed by atoms with E-state index in [1.54, 1.807) is 0 Å². The van der Waals surface area contributed by atoms with E-state index in [1.165, 1.54) is 5.56 Å². The summed E-state index contributed by atoms with van der Waals surface area (Å²) in [5.74, 6) is 0. The third-order valence-electron chi connectivity index (χ3n) is 6.03. The molecule has 1 N–H and O–H groups in total. The molecule has 0 unspecified atom stereocenters. The molecule has 0 fully saturated rings. The maximum atomic E-state index is 13.7. The number of nitrogens with one attached hydrogen (secondary N) is 1. The summed E-state index contributed by atoms with van der Waals surface area (Å²) in [5.41, 5.74) is 7.44. The van der Waals surface area contributed by atoms with E-state index in [1.807, 2.05) is 48.2 Å². The molecule has 4 nitrogen and oxygen atoms in total.